The number of ether oxygens (including phenoxy) is 1. The molecule has 4 aromatic rings. The van der Waals surface area contributed by atoms with E-state index in [-0.39, 0.29) is 0 Å². The van der Waals surface area contributed by atoms with E-state index in [0.717, 1.165) is 26.2 Å². The van der Waals surface area contributed by atoms with Crippen LogP contribution in [0, 0.1) is 20.8 Å². The summed E-state index contributed by atoms with van der Waals surface area (Å²) in [7, 11) is 1.38. The molecule has 0 aliphatic rings. The normalized spacial score (nSPS) is 10.8. The lowest BCUT2D eigenvalue weighted by Crippen LogP contribution is -2.20. The molecule has 0 atom stereocenters. The molecule has 2 aromatic heterocycles. The summed E-state index contributed by atoms with van der Waals surface area (Å²) in [6.45, 7) is 6.15. The summed E-state index contributed by atoms with van der Waals surface area (Å²) in [5.74, 6) is -0.403. The van der Waals surface area contributed by atoms with Crippen LogP contribution in [0.15, 0.2) is 42.5 Å². The molecule has 0 bridgehead atoms. The molecule has 2 aromatic carbocycles. The number of nitrogens with one attached hydrogen (secondary N) is 2. The van der Waals surface area contributed by atoms with E-state index in [1.807, 2.05) is 37.3 Å². The maximum absolute atomic E-state index is 12.6. The first-order chi connectivity index (χ1) is 14.9. The third-order valence-corrected chi connectivity index (χ3v) is 7.15. The molecule has 0 radical (unpaired) electrons. The highest BCUT2D eigenvalue weighted by Crippen LogP contribution is 2.40. The second-order valence-electron chi connectivity index (χ2n) is 7.10. The van der Waals surface area contributed by atoms with Crippen LogP contribution in [0.3, 0.4) is 0 Å². The molecule has 0 fully saturated rings. The van der Waals surface area contributed by atoms with Crippen molar-refractivity contribution in [2.75, 3.05) is 17.7 Å². The van der Waals surface area contributed by atoms with Gasteiger partial charge in [-0.25, -0.2) is 9.78 Å². The Hall–Kier alpha value is -2.81. The number of hydrogen-bond acceptors (Lipinski definition) is 6. The van der Waals surface area contributed by atoms with Crippen molar-refractivity contribution in [2.24, 2.45) is 0 Å². The SMILES string of the molecule is COC(=O)c1c(NC(=S)Nc2nc3cc(C)c(C)cc3s2)sc(C)c1-c1ccccc1. The van der Waals surface area contributed by atoms with Crippen LogP contribution in [0.2, 0.25) is 0 Å². The number of benzene rings is 2. The third kappa shape index (κ3) is 4.32. The van der Waals surface area contributed by atoms with Crippen molar-refractivity contribution < 1.29 is 9.53 Å². The molecule has 0 amide bonds. The molecule has 31 heavy (non-hydrogen) atoms. The zero-order valence-electron chi connectivity index (χ0n) is 17.5. The second kappa shape index (κ2) is 8.74. The highest BCUT2D eigenvalue weighted by atomic mass is 32.1. The largest absolute Gasteiger partial charge is 0.465 e. The van der Waals surface area contributed by atoms with Crippen molar-refractivity contribution >= 4 is 66.3 Å². The Morgan fingerprint density at radius 3 is 2.45 bits per heavy atom. The van der Waals surface area contributed by atoms with E-state index in [9.17, 15) is 4.79 Å². The van der Waals surface area contributed by atoms with Crippen molar-refractivity contribution in [3.8, 4) is 11.1 Å². The molecule has 0 spiro atoms. The van der Waals surface area contributed by atoms with Crippen molar-refractivity contribution in [3.63, 3.8) is 0 Å². The number of rotatable bonds is 4. The van der Waals surface area contributed by atoms with Crippen molar-refractivity contribution in [3.05, 3.63) is 64.0 Å². The summed E-state index contributed by atoms with van der Waals surface area (Å²) in [5.41, 5.74) is 5.67. The number of thiazole rings is 1. The molecule has 0 saturated carbocycles. The number of carbonyl (C=O) groups is 1. The number of methoxy groups -OCH3 is 1. The Balaban J connectivity index is 1.63. The highest BCUT2D eigenvalue weighted by molar-refractivity contribution is 7.80. The van der Waals surface area contributed by atoms with E-state index < -0.39 is 5.97 Å². The monoisotopic (exact) mass is 467 g/mol. The number of anilines is 2. The lowest BCUT2D eigenvalue weighted by molar-refractivity contribution is 0.0603. The molecule has 8 heteroatoms. The third-order valence-electron chi connectivity index (χ3n) is 4.99. The molecule has 0 aliphatic carbocycles. The van der Waals surface area contributed by atoms with Gasteiger partial charge in [0.2, 0.25) is 0 Å². The number of fused-ring (bicyclic) bond motifs is 1. The standard InChI is InChI=1S/C23H21N3O2S3/c1-12-10-16-17(11-13(12)2)31-23(24-16)26-22(29)25-20-19(21(27)28-4)18(14(3)30-20)15-8-6-5-7-9-15/h5-11H,1-4H3,(H2,24,25,26,29). The van der Waals surface area contributed by atoms with Crippen LogP contribution in [0.1, 0.15) is 26.4 Å². The number of hydrogen-bond donors (Lipinski definition) is 2. The lowest BCUT2D eigenvalue weighted by Gasteiger charge is -2.10. The second-order valence-corrected chi connectivity index (χ2v) is 9.76. The van der Waals surface area contributed by atoms with Crippen molar-refractivity contribution in [1.82, 2.24) is 4.98 Å². The fourth-order valence-corrected chi connectivity index (χ4v) is 5.69. The molecule has 0 aliphatic heterocycles. The molecule has 2 heterocycles. The molecule has 5 nitrogen and oxygen atoms in total. The van der Waals surface area contributed by atoms with Crippen LogP contribution in [0.4, 0.5) is 10.1 Å². The van der Waals surface area contributed by atoms with E-state index in [2.05, 4.69) is 41.6 Å². The van der Waals surface area contributed by atoms with E-state index in [4.69, 9.17) is 17.0 Å². The van der Waals surface area contributed by atoms with Gasteiger partial charge in [0.15, 0.2) is 10.2 Å². The van der Waals surface area contributed by atoms with Gasteiger partial charge in [0, 0.05) is 10.4 Å². The molecule has 0 unspecified atom stereocenters. The molecule has 2 N–H and O–H groups in total. The lowest BCUT2D eigenvalue weighted by atomic mass is 10.0. The predicted octanol–water partition coefficient (Wildman–Crippen LogP) is 6.55. The van der Waals surface area contributed by atoms with Crippen LogP contribution in [-0.2, 0) is 4.74 Å². The Kier molecular flexibility index (Phi) is 6.04. The number of thiophene rings is 1. The first kappa shape index (κ1) is 21.4. The highest BCUT2D eigenvalue weighted by Gasteiger charge is 2.24. The fraction of sp³-hybridized carbons (Fsp3) is 0.174. The topological polar surface area (TPSA) is 63.2 Å². The fourth-order valence-electron chi connectivity index (χ4n) is 3.35. The molecule has 4 rings (SSSR count). The average Bonchev–Trinajstić information content (AvgIpc) is 3.27. The Labute approximate surface area is 194 Å². The number of thiocarbonyl (C=S) groups is 1. The van der Waals surface area contributed by atoms with Crippen LogP contribution in [-0.4, -0.2) is 23.2 Å². The molecular weight excluding hydrogens is 446 g/mol. The van der Waals surface area contributed by atoms with Gasteiger partial charge in [-0.3, -0.25) is 0 Å². The molecule has 158 valence electrons. The van der Waals surface area contributed by atoms with E-state index in [1.54, 1.807) is 11.3 Å². The summed E-state index contributed by atoms with van der Waals surface area (Å²) in [6.07, 6.45) is 0. The van der Waals surface area contributed by atoms with Crippen LogP contribution >= 0.6 is 34.9 Å². The maximum Gasteiger partial charge on any atom is 0.341 e. The first-order valence-corrected chi connectivity index (χ1v) is 11.6. The van der Waals surface area contributed by atoms with Gasteiger partial charge in [0.1, 0.15) is 10.6 Å². The average molecular weight is 468 g/mol. The van der Waals surface area contributed by atoms with Gasteiger partial charge in [0.05, 0.1) is 17.3 Å². The number of aromatic nitrogens is 1. The Bertz CT molecular complexity index is 1250. The van der Waals surface area contributed by atoms with Crippen molar-refractivity contribution in [1.29, 1.82) is 0 Å². The van der Waals surface area contributed by atoms with Gasteiger partial charge in [-0.1, -0.05) is 41.7 Å². The van der Waals surface area contributed by atoms with Gasteiger partial charge < -0.3 is 15.4 Å². The summed E-state index contributed by atoms with van der Waals surface area (Å²) in [5, 5.41) is 8.05. The minimum Gasteiger partial charge on any atom is -0.465 e. The zero-order valence-corrected chi connectivity index (χ0v) is 20.0. The predicted molar refractivity (Wildman–Crippen MR) is 135 cm³/mol. The molecular formula is C23H21N3O2S3. The van der Waals surface area contributed by atoms with Gasteiger partial charge in [0.25, 0.3) is 0 Å². The smallest absolute Gasteiger partial charge is 0.341 e. The Morgan fingerprint density at radius 1 is 1.03 bits per heavy atom. The van der Waals surface area contributed by atoms with Crippen LogP contribution in [0.5, 0.6) is 0 Å². The van der Waals surface area contributed by atoms with Crippen LogP contribution < -0.4 is 10.6 Å². The quantitative estimate of drug-likeness (QED) is 0.262. The maximum atomic E-state index is 12.6. The van der Waals surface area contributed by atoms with Crippen molar-refractivity contribution in [2.45, 2.75) is 20.8 Å². The first-order valence-electron chi connectivity index (χ1n) is 9.60. The van der Waals surface area contributed by atoms with E-state index in [0.29, 0.717) is 20.8 Å². The van der Waals surface area contributed by atoms with Gasteiger partial charge in [-0.2, -0.15) is 0 Å². The van der Waals surface area contributed by atoms with Gasteiger partial charge in [-0.15, -0.1) is 11.3 Å². The van der Waals surface area contributed by atoms with Gasteiger partial charge in [-0.05, 0) is 61.8 Å². The summed E-state index contributed by atoms with van der Waals surface area (Å²) in [6, 6.07) is 14.0. The summed E-state index contributed by atoms with van der Waals surface area (Å²) in [4.78, 5) is 18.3. The van der Waals surface area contributed by atoms with E-state index >= 15 is 0 Å². The number of esters is 1. The minimum absolute atomic E-state index is 0.374. The Morgan fingerprint density at radius 2 is 1.74 bits per heavy atom. The van der Waals surface area contributed by atoms with Crippen LogP contribution in [0.25, 0.3) is 21.3 Å². The van der Waals surface area contributed by atoms with Gasteiger partial charge >= 0.3 is 5.97 Å². The summed E-state index contributed by atoms with van der Waals surface area (Å²) >= 11 is 8.54. The van der Waals surface area contributed by atoms with E-state index in [1.165, 1.54) is 29.6 Å². The number of carbonyl (C=O) groups excluding carboxylic acids is 1. The minimum atomic E-state index is -0.403. The zero-order chi connectivity index (χ0) is 22.1. The molecule has 0 saturated heterocycles. The number of nitrogens with zero attached hydrogens (tertiary/aromatic N) is 1. The summed E-state index contributed by atoms with van der Waals surface area (Å²) < 4.78 is 6.17. The number of aryl methyl sites for hydroxylation is 3.